The number of benzene rings is 1. The summed E-state index contributed by atoms with van der Waals surface area (Å²) in [5.74, 6) is -2.63. The van der Waals surface area contributed by atoms with Crippen molar-refractivity contribution in [2.45, 2.75) is 0 Å². The van der Waals surface area contributed by atoms with Crippen LogP contribution in [0, 0.1) is 21.7 Å². The summed E-state index contributed by atoms with van der Waals surface area (Å²) in [4.78, 5) is 11.3. The monoisotopic (exact) mass is 200 g/mol. The van der Waals surface area contributed by atoms with Gasteiger partial charge in [-0.3, -0.25) is 10.1 Å². The van der Waals surface area contributed by atoms with Crippen molar-refractivity contribution in [3.8, 4) is 0 Å². The minimum absolute atomic E-state index is 0.654. The van der Waals surface area contributed by atoms with E-state index in [4.69, 9.17) is 5.53 Å². The van der Waals surface area contributed by atoms with Gasteiger partial charge in [-0.15, -0.1) is 0 Å². The lowest BCUT2D eigenvalue weighted by atomic mass is 10.2. The third-order valence-corrected chi connectivity index (χ3v) is 1.39. The summed E-state index contributed by atoms with van der Waals surface area (Å²) in [7, 11) is 0. The lowest BCUT2D eigenvalue weighted by Gasteiger charge is -1.97. The predicted octanol–water partition coefficient (Wildman–Crippen LogP) is 2.81. The molecule has 0 aliphatic rings. The van der Waals surface area contributed by atoms with Crippen molar-refractivity contribution in [1.29, 1.82) is 0 Å². The fourth-order valence-corrected chi connectivity index (χ4v) is 0.808. The van der Waals surface area contributed by atoms with Crippen molar-refractivity contribution >= 4 is 11.4 Å². The molecule has 0 amide bonds. The van der Waals surface area contributed by atoms with E-state index in [9.17, 15) is 18.9 Å². The summed E-state index contributed by atoms with van der Waals surface area (Å²) in [6.07, 6.45) is 0. The zero-order valence-corrected chi connectivity index (χ0v) is 6.52. The number of nitro groups is 1. The van der Waals surface area contributed by atoms with Crippen molar-refractivity contribution < 1.29 is 13.7 Å². The van der Waals surface area contributed by atoms with Crippen molar-refractivity contribution in [1.82, 2.24) is 0 Å². The van der Waals surface area contributed by atoms with E-state index in [1.165, 1.54) is 0 Å². The molecule has 0 heterocycles. The third kappa shape index (κ3) is 1.59. The Morgan fingerprint density at radius 3 is 2.64 bits per heavy atom. The molecule has 14 heavy (non-hydrogen) atoms. The minimum Gasteiger partial charge on any atom is -0.258 e. The topological polar surface area (TPSA) is 91.9 Å². The van der Waals surface area contributed by atoms with Gasteiger partial charge in [-0.2, -0.15) is 4.39 Å². The maximum Gasteiger partial charge on any atom is 0.305 e. The summed E-state index contributed by atoms with van der Waals surface area (Å²) >= 11 is 0. The van der Waals surface area contributed by atoms with E-state index >= 15 is 0 Å². The molecule has 0 N–H and O–H groups in total. The second-order valence-electron chi connectivity index (χ2n) is 2.18. The van der Waals surface area contributed by atoms with Crippen molar-refractivity contribution in [3.63, 3.8) is 0 Å². The average molecular weight is 200 g/mol. The summed E-state index contributed by atoms with van der Waals surface area (Å²) in [6.45, 7) is 0. The van der Waals surface area contributed by atoms with Crippen LogP contribution in [0.4, 0.5) is 20.2 Å². The summed E-state index contributed by atoms with van der Waals surface area (Å²) in [5, 5.41) is 12.9. The molecule has 0 unspecified atom stereocenters. The minimum atomic E-state index is -1.48. The Morgan fingerprint density at radius 2 is 2.14 bits per heavy atom. The molecule has 1 rings (SSSR count). The molecule has 0 radical (unpaired) electrons. The van der Waals surface area contributed by atoms with Gasteiger partial charge in [-0.05, 0) is 11.6 Å². The second kappa shape index (κ2) is 3.67. The van der Waals surface area contributed by atoms with E-state index in [-0.39, 0.29) is 0 Å². The molecule has 6 nitrogen and oxygen atoms in total. The first kappa shape index (κ1) is 9.87. The van der Waals surface area contributed by atoms with E-state index in [2.05, 4.69) is 10.0 Å². The highest BCUT2D eigenvalue weighted by Gasteiger charge is 2.20. The first-order valence-electron chi connectivity index (χ1n) is 3.25. The fraction of sp³-hybridized carbons (Fsp3) is 0. The highest BCUT2D eigenvalue weighted by atomic mass is 19.1. The van der Waals surface area contributed by atoms with Gasteiger partial charge in [0.15, 0.2) is 0 Å². The van der Waals surface area contributed by atoms with Gasteiger partial charge >= 0.3 is 5.69 Å². The Bertz CT molecular complexity index is 442. The summed E-state index contributed by atoms with van der Waals surface area (Å²) in [5.41, 5.74) is 6.02. The van der Waals surface area contributed by atoms with Crippen LogP contribution in [0.25, 0.3) is 10.4 Å². The van der Waals surface area contributed by atoms with Crippen molar-refractivity contribution in [3.05, 3.63) is 44.3 Å². The van der Waals surface area contributed by atoms with Gasteiger partial charge < -0.3 is 0 Å². The molecule has 1 aromatic carbocycles. The molecule has 0 bridgehead atoms. The van der Waals surface area contributed by atoms with Gasteiger partial charge in [-0.25, -0.2) is 4.39 Å². The first-order chi connectivity index (χ1) is 6.57. The maximum absolute atomic E-state index is 13.0. The highest BCUT2D eigenvalue weighted by molar-refractivity contribution is 5.50. The van der Waals surface area contributed by atoms with Gasteiger partial charge in [0.2, 0.25) is 5.82 Å². The Hall–Kier alpha value is -2.21. The van der Waals surface area contributed by atoms with E-state index in [1.54, 1.807) is 0 Å². The number of rotatable bonds is 2. The Kier molecular flexibility index (Phi) is 2.59. The second-order valence-corrected chi connectivity index (χ2v) is 2.18. The SMILES string of the molecule is [N-]=[N+]=Nc1c(F)ccc([N+](=O)[O-])c1F. The van der Waals surface area contributed by atoms with Gasteiger partial charge in [0, 0.05) is 11.0 Å². The number of hydrogen-bond acceptors (Lipinski definition) is 3. The molecule has 0 aliphatic heterocycles. The Labute approximate surface area is 75.5 Å². The first-order valence-corrected chi connectivity index (χ1v) is 3.25. The molecule has 0 aliphatic carbocycles. The van der Waals surface area contributed by atoms with Crippen molar-refractivity contribution in [2.24, 2.45) is 5.11 Å². The standard InChI is InChI=1S/C6H2F2N4O2/c7-3-1-2-4(12(13)14)5(8)6(3)10-11-9/h1-2H. The number of nitro benzene ring substituents is 1. The number of hydrogen-bond donors (Lipinski definition) is 0. The van der Waals surface area contributed by atoms with Crippen LogP contribution in [0.2, 0.25) is 0 Å². The summed E-state index contributed by atoms with van der Waals surface area (Å²) < 4.78 is 25.8. The van der Waals surface area contributed by atoms with Crippen molar-refractivity contribution in [2.75, 3.05) is 0 Å². The van der Waals surface area contributed by atoms with Gasteiger partial charge in [-0.1, -0.05) is 5.11 Å². The van der Waals surface area contributed by atoms with Gasteiger partial charge in [0.1, 0.15) is 11.5 Å². The van der Waals surface area contributed by atoms with Crippen LogP contribution in [0.1, 0.15) is 0 Å². The van der Waals surface area contributed by atoms with E-state index in [1.807, 2.05) is 0 Å². The van der Waals surface area contributed by atoms with Crippen LogP contribution in [-0.2, 0) is 0 Å². The summed E-state index contributed by atoms with van der Waals surface area (Å²) in [6, 6.07) is 1.31. The van der Waals surface area contributed by atoms with Gasteiger partial charge in [0.05, 0.1) is 4.92 Å². The number of halogens is 2. The molecule has 72 valence electrons. The Balaban J connectivity index is 3.48. The quantitative estimate of drug-likeness (QED) is 0.241. The van der Waals surface area contributed by atoms with Gasteiger partial charge in [0.25, 0.3) is 0 Å². The molecule has 0 aromatic heterocycles. The lowest BCUT2D eigenvalue weighted by Crippen LogP contribution is -1.93. The molecular weight excluding hydrogens is 198 g/mol. The number of nitrogens with zero attached hydrogens (tertiary/aromatic N) is 4. The maximum atomic E-state index is 13.0. The van der Waals surface area contributed by atoms with Crippen LogP contribution in [0.15, 0.2) is 17.2 Å². The van der Waals surface area contributed by atoms with E-state index in [0.717, 1.165) is 0 Å². The molecule has 0 saturated carbocycles. The van der Waals surface area contributed by atoms with E-state index in [0.29, 0.717) is 12.1 Å². The van der Waals surface area contributed by atoms with Crippen LogP contribution in [0.3, 0.4) is 0 Å². The van der Waals surface area contributed by atoms with Crippen LogP contribution >= 0.6 is 0 Å². The largest absolute Gasteiger partial charge is 0.305 e. The zero-order chi connectivity index (χ0) is 10.7. The molecule has 0 saturated heterocycles. The number of azide groups is 1. The molecule has 0 fully saturated rings. The average Bonchev–Trinajstić information content (AvgIpc) is 2.11. The molecule has 0 spiro atoms. The zero-order valence-electron chi connectivity index (χ0n) is 6.52. The van der Waals surface area contributed by atoms with E-state index < -0.39 is 27.9 Å². The smallest absolute Gasteiger partial charge is 0.258 e. The Morgan fingerprint density at radius 1 is 1.50 bits per heavy atom. The third-order valence-electron chi connectivity index (χ3n) is 1.39. The van der Waals surface area contributed by atoms with Crippen LogP contribution in [0.5, 0.6) is 0 Å². The predicted molar refractivity (Wildman–Crippen MR) is 41.8 cm³/mol. The van der Waals surface area contributed by atoms with Crippen LogP contribution < -0.4 is 0 Å². The fourth-order valence-electron chi connectivity index (χ4n) is 0.808. The van der Waals surface area contributed by atoms with Crippen LogP contribution in [-0.4, -0.2) is 4.92 Å². The normalized spacial score (nSPS) is 9.29. The molecule has 8 heteroatoms. The highest BCUT2D eigenvalue weighted by Crippen LogP contribution is 2.29. The molecular formula is C6H2F2N4O2. The lowest BCUT2D eigenvalue weighted by molar-refractivity contribution is -0.387. The molecule has 1 aromatic rings. The molecule has 0 atom stereocenters.